The minimum atomic E-state index is -0.0315. The molecule has 0 spiro atoms. The van der Waals surface area contributed by atoms with Crippen LogP contribution in [0.25, 0.3) is 0 Å². The molecule has 2 saturated heterocycles. The second kappa shape index (κ2) is 6.75. The quantitative estimate of drug-likeness (QED) is 0.892. The van der Waals surface area contributed by atoms with E-state index >= 15 is 0 Å². The fourth-order valence-electron chi connectivity index (χ4n) is 3.32. The molecule has 22 heavy (non-hydrogen) atoms. The lowest BCUT2D eigenvalue weighted by Crippen LogP contribution is -2.44. The van der Waals surface area contributed by atoms with Gasteiger partial charge in [-0.1, -0.05) is 0 Å². The normalized spacial score (nSPS) is 24.6. The van der Waals surface area contributed by atoms with Crippen LogP contribution in [0.1, 0.15) is 37.5 Å². The highest BCUT2D eigenvalue weighted by Crippen LogP contribution is 2.23. The highest BCUT2D eigenvalue weighted by atomic mass is 16.5. The number of aryl methyl sites for hydroxylation is 1. The van der Waals surface area contributed by atoms with Crippen molar-refractivity contribution in [3.8, 4) is 0 Å². The van der Waals surface area contributed by atoms with Gasteiger partial charge >= 0.3 is 0 Å². The number of aromatic nitrogens is 3. The maximum Gasteiger partial charge on any atom is 0.219 e. The summed E-state index contributed by atoms with van der Waals surface area (Å²) in [5, 5.41) is 7.10. The molecule has 3 heterocycles. The first kappa shape index (κ1) is 15.4. The number of carbonyl (C=O) groups is 1. The molecule has 0 saturated carbocycles. The van der Waals surface area contributed by atoms with E-state index in [1.54, 1.807) is 6.92 Å². The van der Waals surface area contributed by atoms with Crippen molar-refractivity contribution in [1.29, 1.82) is 0 Å². The van der Waals surface area contributed by atoms with Gasteiger partial charge in [-0.05, 0) is 25.7 Å². The molecule has 0 bridgehead atoms. The number of hydrogen-bond donors (Lipinski definition) is 1. The van der Waals surface area contributed by atoms with Crippen molar-refractivity contribution in [2.45, 2.75) is 32.8 Å². The number of nitrogens with zero attached hydrogens (tertiary/aromatic N) is 4. The van der Waals surface area contributed by atoms with Gasteiger partial charge in [-0.25, -0.2) is 4.98 Å². The SMILES string of the molecule is CC(=O)N1CCC(CN2CCO[C@@H](c3n[nH]c(C)n3)C2)CC1. The molecule has 2 fully saturated rings. The second-order valence-electron chi connectivity index (χ2n) is 6.35. The topological polar surface area (TPSA) is 74.3 Å². The van der Waals surface area contributed by atoms with Gasteiger partial charge in [0.15, 0.2) is 5.82 Å². The summed E-state index contributed by atoms with van der Waals surface area (Å²) in [7, 11) is 0. The van der Waals surface area contributed by atoms with Crippen LogP contribution in [0.3, 0.4) is 0 Å². The van der Waals surface area contributed by atoms with Crippen molar-refractivity contribution < 1.29 is 9.53 Å². The lowest BCUT2D eigenvalue weighted by molar-refractivity contribution is -0.130. The number of morpholine rings is 1. The Kier molecular flexibility index (Phi) is 4.73. The molecule has 0 unspecified atom stereocenters. The highest BCUT2D eigenvalue weighted by Gasteiger charge is 2.28. The molecule has 1 aromatic heterocycles. The van der Waals surface area contributed by atoms with Crippen LogP contribution in [-0.2, 0) is 9.53 Å². The number of carbonyl (C=O) groups excluding carboxylic acids is 1. The number of amides is 1. The van der Waals surface area contributed by atoms with Gasteiger partial charge < -0.3 is 9.64 Å². The van der Waals surface area contributed by atoms with E-state index in [0.29, 0.717) is 5.92 Å². The summed E-state index contributed by atoms with van der Waals surface area (Å²) in [5.41, 5.74) is 0. The number of hydrogen-bond acceptors (Lipinski definition) is 5. The molecule has 0 radical (unpaired) electrons. The average Bonchev–Trinajstić information content (AvgIpc) is 2.95. The third-order valence-corrected chi connectivity index (χ3v) is 4.63. The molecule has 0 aromatic carbocycles. The Morgan fingerprint density at radius 3 is 2.77 bits per heavy atom. The summed E-state index contributed by atoms with van der Waals surface area (Å²) in [5.74, 6) is 2.45. The van der Waals surface area contributed by atoms with E-state index in [1.165, 1.54) is 0 Å². The van der Waals surface area contributed by atoms with E-state index in [1.807, 2.05) is 11.8 Å². The van der Waals surface area contributed by atoms with Gasteiger partial charge in [-0.15, -0.1) is 0 Å². The number of rotatable bonds is 3. The van der Waals surface area contributed by atoms with Crippen molar-refractivity contribution in [3.05, 3.63) is 11.6 Å². The molecule has 1 N–H and O–H groups in total. The summed E-state index contributed by atoms with van der Waals surface area (Å²) >= 11 is 0. The van der Waals surface area contributed by atoms with Crippen LogP contribution in [0.4, 0.5) is 0 Å². The van der Waals surface area contributed by atoms with Crippen LogP contribution in [0.2, 0.25) is 0 Å². The van der Waals surface area contributed by atoms with Gasteiger partial charge in [-0.3, -0.25) is 14.8 Å². The third kappa shape index (κ3) is 3.64. The first-order valence-corrected chi connectivity index (χ1v) is 8.10. The zero-order valence-electron chi connectivity index (χ0n) is 13.4. The molecule has 1 atom stereocenters. The molecule has 1 aromatic rings. The number of piperidine rings is 1. The molecule has 7 nitrogen and oxygen atoms in total. The van der Waals surface area contributed by atoms with Gasteiger partial charge in [0.05, 0.1) is 6.61 Å². The molecule has 2 aliphatic rings. The van der Waals surface area contributed by atoms with Gasteiger partial charge in [0.2, 0.25) is 5.91 Å². The van der Waals surface area contributed by atoms with Crippen LogP contribution in [0.15, 0.2) is 0 Å². The van der Waals surface area contributed by atoms with Crippen molar-refractivity contribution in [3.63, 3.8) is 0 Å². The number of likely N-dealkylation sites (tertiary alicyclic amines) is 1. The number of H-pyrrole nitrogens is 1. The molecular weight excluding hydrogens is 282 g/mol. The lowest BCUT2D eigenvalue weighted by Gasteiger charge is -2.37. The first-order valence-electron chi connectivity index (χ1n) is 8.10. The van der Waals surface area contributed by atoms with Crippen molar-refractivity contribution in [1.82, 2.24) is 25.0 Å². The monoisotopic (exact) mass is 307 g/mol. The molecule has 2 aliphatic heterocycles. The van der Waals surface area contributed by atoms with Gasteiger partial charge in [-0.2, -0.15) is 5.10 Å². The summed E-state index contributed by atoms with van der Waals surface area (Å²) in [6.45, 7) is 8.98. The second-order valence-corrected chi connectivity index (χ2v) is 6.35. The van der Waals surface area contributed by atoms with Crippen molar-refractivity contribution in [2.24, 2.45) is 5.92 Å². The van der Waals surface area contributed by atoms with Gasteiger partial charge in [0.25, 0.3) is 0 Å². The Bertz CT molecular complexity index is 510. The minimum Gasteiger partial charge on any atom is -0.367 e. The smallest absolute Gasteiger partial charge is 0.219 e. The minimum absolute atomic E-state index is 0.0315. The van der Waals surface area contributed by atoms with Crippen LogP contribution in [-0.4, -0.2) is 70.2 Å². The van der Waals surface area contributed by atoms with E-state index in [4.69, 9.17) is 4.74 Å². The number of aromatic amines is 1. The summed E-state index contributed by atoms with van der Waals surface area (Å²) in [6.07, 6.45) is 2.17. The van der Waals surface area contributed by atoms with E-state index in [2.05, 4.69) is 20.1 Å². The predicted molar refractivity (Wildman–Crippen MR) is 81.2 cm³/mol. The predicted octanol–water partition coefficient (Wildman–Crippen LogP) is 0.745. The first-order chi connectivity index (χ1) is 10.6. The zero-order chi connectivity index (χ0) is 15.5. The summed E-state index contributed by atoms with van der Waals surface area (Å²) in [4.78, 5) is 20.2. The molecule has 1 amide bonds. The fourth-order valence-corrected chi connectivity index (χ4v) is 3.32. The molecule has 0 aliphatic carbocycles. The molecular formula is C15H25N5O2. The van der Waals surface area contributed by atoms with Crippen molar-refractivity contribution in [2.75, 3.05) is 39.3 Å². The fraction of sp³-hybridized carbons (Fsp3) is 0.800. The van der Waals surface area contributed by atoms with Crippen LogP contribution in [0, 0.1) is 12.8 Å². The molecule has 7 heteroatoms. The molecule has 3 rings (SSSR count). The largest absolute Gasteiger partial charge is 0.367 e. The Labute approximate surface area is 131 Å². The summed E-state index contributed by atoms with van der Waals surface area (Å²) < 4.78 is 5.81. The number of ether oxygens (including phenoxy) is 1. The van der Waals surface area contributed by atoms with E-state index < -0.39 is 0 Å². The number of nitrogens with one attached hydrogen (secondary N) is 1. The zero-order valence-corrected chi connectivity index (χ0v) is 13.4. The van der Waals surface area contributed by atoms with Crippen molar-refractivity contribution >= 4 is 5.91 Å². The van der Waals surface area contributed by atoms with E-state index in [0.717, 1.165) is 63.8 Å². The Morgan fingerprint density at radius 2 is 2.14 bits per heavy atom. The third-order valence-electron chi connectivity index (χ3n) is 4.63. The van der Waals surface area contributed by atoms with Gasteiger partial charge in [0, 0.05) is 39.6 Å². The standard InChI is InChI=1S/C15H25N5O2/c1-11-16-15(18-17-11)14-10-19(7-8-22-14)9-13-3-5-20(6-4-13)12(2)21/h13-14H,3-10H2,1-2H3,(H,16,17,18)/t14-/m1/s1. The Morgan fingerprint density at radius 1 is 1.36 bits per heavy atom. The van der Waals surface area contributed by atoms with Crippen LogP contribution < -0.4 is 0 Å². The molecule has 122 valence electrons. The van der Waals surface area contributed by atoms with Crippen LogP contribution in [0.5, 0.6) is 0 Å². The Balaban J connectivity index is 1.50. The maximum absolute atomic E-state index is 11.4. The lowest BCUT2D eigenvalue weighted by atomic mass is 9.96. The van der Waals surface area contributed by atoms with Crippen LogP contribution >= 0.6 is 0 Å². The van der Waals surface area contributed by atoms with E-state index in [9.17, 15) is 4.79 Å². The highest BCUT2D eigenvalue weighted by molar-refractivity contribution is 5.73. The van der Waals surface area contributed by atoms with E-state index in [-0.39, 0.29) is 12.0 Å². The van der Waals surface area contributed by atoms with Gasteiger partial charge in [0.1, 0.15) is 11.9 Å². The maximum atomic E-state index is 11.4. The summed E-state index contributed by atoms with van der Waals surface area (Å²) in [6, 6.07) is 0. The Hall–Kier alpha value is -1.47. The average molecular weight is 307 g/mol.